The first kappa shape index (κ1) is 16.8. The highest BCUT2D eigenvalue weighted by molar-refractivity contribution is 9.10. The van der Waals surface area contributed by atoms with Gasteiger partial charge < -0.3 is 5.11 Å². The average Bonchev–Trinajstić information content (AvgIpc) is 2.42. The molecule has 0 fully saturated rings. The number of hydrogen-bond acceptors (Lipinski definition) is 3. The Kier molecular flexibility index (Phi) is 4.79. The predicted octanol–water partition coefficient (Wildman–Crippen LogP) is 3.91. The maximum Gasteiger partial charge on any atom is 0.337 e. The first-order chi connectivity index (χ1) is 10.2. The summed E-state index contributed by atoms with van der Waals surface area (Å²) < 4.78 is 27.9. The van der Waals surface area contributed by atoms with Crippen LogP contribution < -0.4 is 4.72 Å². The number of carboxylic acid groups (broad SMARTS) is 1. The molecule has 5 nitrogen and oxygen atoms in total. The summed E-state index contributed by atoms with van der Waals surface area (Å²) in [7, 11) is -3.90. The lowest BCUT2D eigenvalue weighted by Gasteiger charge is -2.10. The molecular formula is C14H11BrClNO4S. The van der Waals surface area contributed by atoms with Crippen molar-refractivity contribution < 1.29 is 18.3 Å². The number of halogens is 2. The monoisotopic (exact) mass is 403 g/mol. The number of aromatic carboxylic acids is 1. The lowest BCUT2D eigenvalue weighted by molar-refractivity contribution is 0.0697. The van der Waals surface area contributed by atoms with Gasteiger partial charge in [0.2, 0.25) is 0 Å². The predicted molar refractivity (Wildman–Crippen MR) is 88.1 cm³/mol. The minimum atomic E-state index is -3.90. The van der Waals surface area contributed by atoms with Crippen LogP contribution in [-0.4, -0.2) is 19.5 Å². The molecule has 0 aliphatic heterocycles. The lowest BCUT2D eigenvalue weighted by atomic mass is 10.2. The molecule has 0 heterocycles. The first-order valence-electron chi connectivity index (χ1n) is 6.02. The van der Waals surface area contributed by atoms with E-state index in [4.69, 9.17) is 16.7 Å². The second-order valence-corrected chi connectivity index (χ2v) is 7.46. The van der Waals surface area contributed by atoms with Crippen molar-refractivity contribution in [3.8, 4) is 0 Å². The summed E-state index contributed by atoms with van der Waals surface area (Å²) in [5.74, 6) is -1.29. The van der Waals surface area contributed by atoms with Gasteiger partial charge in [-0.1, -0.05) is 27.5 Å². The molecule has 0 radical (unpaired) electrons. The van der Waals surface area contributed by atoms with E-state index < -0.39 is 16.0 Å². The summed E-state index contributed by atoms with van der Waals surface area (Å²) in [6, 6.07) is 8.50. The maximum absolute atomic E-state index is 12.3. The molecule has 2 aromatic rings. The molecule has 0 spiro atoms. The van der Waals surface area contributed by atoms with Crippen LogP contribution in [0.25, 0.3) is 0 Å². The SMILES string of the molecule is Cc1cc(NS(=O)(=O)c2ccc(Cl)c(C(=O)O)c2)ccc1Br. The van der Waals surface area contributed by atoms with E-state index in [0.717, 1.165) is 16.1 Å². The summed E-state index contributed by atoms with van der Waals surface area (Å²) in [6.07, 6.45) is 0. The zero-order chi connectivity index (χ0) is 16.5. The topological polar surface area (TPSA) is 83.5 Å². The van der Waals surface area contributed by atoms with E-state index in [1.54, 1.807) is 18.2 Å². The number of aryl methyl sites for hydroxylation is 1. The number of rotatable bonds is 4. The second-order valence-electron chi connectivity index (χ2n) is 4.52. The van der Waals surface area contributed by atoms with Gasteiger partial charge in [0.15, 0.2) is 0 Å². The van der Waals surface area contributed by atoms with Crippen LogP contribution in [0.4, 0.5) is 5.69 Å². The molecule has 0 aliphatic carbocycles. The summed E-state index contributed by atoms with van der Waals surface area (Å²) in [5, 5.41) is 8.99. The Morgan fingerprint density at radius 1 is 1.23 bits per heavy atom. The number of benzene rings is 2. The van der Waals surface area contributed by atoms with Gasteiger partial charge in [0.05, 0.1) is 15.5 Å². The van der Waals surface area contributed by atoms with E-state index in [-0.39, 0.29) is 15.5 Å². The van der Waals surface area contributed by atoms with Gasteiger partial charge in [0, 0.05) is 10.2 Å². The van der Waals surface area contributed by atoms with Crippen LogP contribution in [0, 0.1) is 6.92 Å². The Labute approximate surface area is 141 Å². The van der Waals surface area contributed by atoms with E-state index in [0.29, 0.717) is 5.69 Å². The molecule has 2 aromatic carbocycles. The third-order valence-corrected chi connectivity index (χ3v) is 5.49. The number of carboxylic acids is 1. The summed E-state index contributed by atoms with van der Waals surface area (Å²) >= 11 is 9.07. The minimum Gasteiger partial charge on any atom is -0.478 e. The summed E-state index contributed by atoms with van der Waals surface area (Å²) in [5.41, 5.74) is 0.978. The molecule has 22 heavy (non-hydrogen) atoms. The van der Waals surface area contributed by atoms with Crippen LogP contribution >= 0.6 is 27.5 Å². The smallest absolute Gasteiger partial charge is 0.337 e. The van der Waals surface area contributed by atoms with Gasteiger partial charge in [-0.2, -0.15) is 0 Å². The molecule has 2 rings (SSSR count). The third-order valence-electron chi connectivity index (χ3n) is 2.89. The summed E-state index contributed by atoms with van der Waals surface area (Å²) in [4.78, 5) is 10.9. The van der Waals surface area contributed by atoms with Gasteiger partial charge in [0.1, 0.15) is 0 Å². The van der Waals surface area contributed by atoms with E-state index >= 15 is 0 Å². The Morgan fingerprint density at radius 3 is 2.50 bits per heavy atom. The van der Waals surface area contributed by atoms with Crippen molar-refractivity contribution in [3.63, 3.8) is 0 Å². The molecule has 8 heteroatoms. The van der Waals surface area contributed by atoms with Gasteiger partial charge in [-0.3, -0.25) is 4.72 Å². The molecule has 0 unspecified atom stereocenters. The normalized spacial score (nSPS) is 11.2. The lowest BCUT2D eigenvalue weighted by Crippen LogP contribution is -2.14. The molecule has 116 valence electrons. The third kappa shape index (κ3) is 3.60. The molecule has 0 amide bonds. The standard InChI is InChI=1S/C14H11BrClNO4S/c1-8-6-9(2-4-12(8)15)17-22(20,21)10-3-5-13(16)11(7-10)14(18)19/h2-7,17H,1H3,(H,18,19). The van der Waals surface area contributed by atoms with Crippen molar-refractivity contribution in [1.82, 2.24) is 0 Å². The molecule has 0 aliphatic rings. The molecular weight excluding hydrogens is 394 g/mol. The Bertz CT molecular complexity index is 852. The summed E-state index contributed by atoms with van der Waals surface area (Å²) in [6.45, 7) is 1.83. The van der Waals surface area contributed by atoms with Gasteiger partial charge >= 0.3 is 5.97 Å². The fraction of sp³-hybridized carbons (Fsp3) is 0.0714. The highest BCUT2D eigenvalue weighted by Crippen LogP contribution is 2.24. The van der Waals surface area contributed by atoms with Gasteiger partial charge in [-0.05, 0) is 48.9 Å². The van der Waals surface area contributed by atoms with E-state index in [1.165, 1.54) is 12.1 Å². The highest BCUT2D eigenvalue weighted by Gasteiger charge is 2.18. The number of hydrogen-bond donors (Lipinski definition) is 2. The van der Waals surface area contributed by atoms with Crippen molar-refractivity contribution in [2.75, 3.05) is 4.72 Å². The number of sulfonamides is 1. The van der Waals surface area contributed by atoms with Crippen molar-refractivity contribution >= 4 is 49.2 Å². The van der Waals surface area contributed by atoms with Crippen molar-refractivity contribution in [2.45, 2.75) is 11.8 Å². The molecule has 0 aromatic heterocycles. The van der Waals surface area contributed by atoms with Crippen LogP contribution in [0.3, 0.4) is 0 Å². The minimum absolute atomic E-state index is 0.0223. The van der Waals surface area contributed by atoms with Crippen molar-refractivity contribution in [2.24, 2.45) is 0 Å². The second kappa shape index (κ2) is 6.28. The van der Waals surface area contributed by atoms with Gasteiger partial charge in [-0.15, -0.1) is 0 Å². The van der Waals surface area contributed by atoms with Crippen LogP contribution in [0.1, 0.15) is 15.9 Å². The zero-order valence-corrected chi connectivity index (χ0v) is 14.5. The van der Waals surface area contributed by atoms with Crippen molar-refractivity contribution in [1.29, 1.82) is 0 Å². The van der Waals surface area contributed by atoms with Crippen LogP contribution in [0.15, 0.2) is 45.8 Å². The van der Waals surface area contributed by atoms with Crippen molar-refractivity contribution in [3.05, 3.63) is 57.0 Å². The molecule has 0 saturated carbocycles. The number of nitrogens with one attached hydrogen (secondary N) is 1. The molecule has 2 N–H and O–H groups in total. The molecule has 0 atom stereocenters. The average molecular weight is 405 g/mol. The van der Waals surface area contributed by atoms with Gasteiger partial charge in [-0.25, -0.2) is 13.2 Å². The Balaban J connectivity index is 2.40. The van der Waals surface area contributed by atoms with E-state index in [2.05, 4.69) is 20.7 Å². The van der Waals surface area contributed by atoms with E-state index in [9.17, 15) is 13.2 Å². The quantitative estimate of drug-likeness (QED) is 0.809. The van der Waals surface area contributed by atoms with Gasteiger partial charge in [0.25, 0.3) is 10.0 Å². The fourth-order valence-electron chi connectivity index (χ4n) is 1.76. The fourth-order valence-corrected chi connectivity index (χ4v) is 3.28. The maximum atomic E-state index is 12.3. The Morgan fingerprint density at radius 2 is 1.91 bits per heavy atom. The van der Waals surface area contributed by atoms with Crippen LogP contribution in [0.2, 0.25) is 5.02 Å². The first-order valence-corrected chi connectivity index (χ1v) is 8.68. The highest BCUT2D eigenvalue weighted by atomic mass is 79.9. The number of carbonyl (C=O) groups is 1. The van der Waals surface area contributed by atoms with E-state index in [1.807, 2.05) is 6.92 Å². The van der Waals surface area contributed by atoms with Crippen LogP contribution in [-0.2, 0) is 10.0 Å². The number of anilines is 1. The molecule has 0 saturated heterocycles. The molecule has 0 bridgehead atoms. The largest absolute Gasteiger partial charge is 0.478 e. The van der Waals surface area contributed by atoms with Crippen LogP contribution in [0.5, 0.6) is 0 Å². The Hall–Kier alpha value is -1.57. The zero-order valence-electron chi connectivity index (χ0n) is 11.3.